The van der Waals surface area contributed by atoms with E-state index < -0.39 is 22.1 Å². The highest BCUT2D eigenvalue weighted by atomic mass is 35.5. The molecule has 1 unspecified atom stereocenters. The van der Waals surface area contributed by atoms with Crippen LogP contribution < -0.4 is 20.7 Å². The molecule has 1 aromatic heterocycles. The molecule has 0 radical (unpaired) electrons. The molecule has 0 saturated carbocycles. The predicted octanol–water partition coefficient (Wildman–Crippen LogP) is 4.98. The summed E-state index contributed by atoms with van der Waals surface area (Å²) in [5.41, 5.74) is 6.02. The second kappa shape index (κ2) is 12.6. The van der Waals surface area contributed by atoms with Gasteiger partial charge in [0.25, 0.3) is 0 Å². The topological polar surface area (TPSA) is 137 Å². The number of halogens is 4. The molecule has 3 aromatic rings. The number of nitrogen functional groups attached to an aromatic ring is 1. The molecule has 2 aliphatic rings. The summed E-state index contributed by atoms with van der Waals surface area (Å²) in [6.07, 6.45) is -4.20. The van der Waals surface area contributed by atoms with E-state index in [0.717, 1.165) is 19.1 Å². The van der Waals surface area contributed by atoms with Gasteiger partial charge in [0.05, 0.1) is 11.5 Å². The Kier molecular flexibility index (Phi) is 9.20. The molecule has 45 heavy (non-hydrogen) atoms. The number of nitrogens with two attached hydrogens (primary N) is 1. The van der Waals surface area contributed by atoms with Crippen LogP contribution in [0.15, 0.2) is 53.4 Å². The van der Waals surface area contributed by atoms with E-state index in [0.29, 0.717) is 44.0 Å². The number of ether oxygens (including phenoxy) is 2. The van der Waals surface area contributed by atoms with Crippen LogP contribution in [-0.2, 0) is 19.4 Å². The molecule has 2 aliphatic heterocycles. The van der Waals surface area contributed by atoms with Crippen LogP contribution in [0.2, 0.25) is 5.02 Å². The van der Waals surface area contributed by atoms with Crippen molar-refractivity contribution in [3.05, 3.63) is 59.1 Å². The van der Waals surface area contributed by atoms with Gasteiger partial charge in [-0.3, -0.25) is 4.79 Å². The van der Waals surface area contributed by atoms with Gasteiger partial charge in [-0.2, -0.15) is 23.1 Å². The Hall–Kier alpha value is -3.62. The van der Waals surface area contributed by atoms with Crippen molar-refractivity contribution in [2.75, 3.05) is 43.1 Å². The third-order valence-electron chi connectivity index (χ3n) is 8.21. The molecular formula is C30H33ClF3N5O5S. The summed E-state index contributed by atoms with van der Waals surface area (Å²) in [7, 11) is -3.52. The van der Waals surface area contributed by atoms with Gasteiger partial charge >= 0.3 is 12.1 Å². The number of carbonyl (C=O) groups excluding carboxylic acids is 1. The van der Waals surface area contributed by atoms with Crippen LogP contribution in [0.25, 0.3) is 11.1 Å². The van der Waals surface area contributed by atoms with E-state index in [9.17, 15) is 26.4 Å². The highest BCUT2D eigenvalue weighted by Crippen LogP contribution is 2.43. The third-order valence-corrected chi connectivity index (χ3v) is 9.58. The first-order chi connectivity index (χ1) is 21.2. The summed E-state index contributed by atoms with van der Waals surface area (Å²) in [6, 6.07) is 10.3. The number of aromatic nitrogens is 2. The second-order valence-corrected chi connectivity index (χ2v) is 13.8. The molecule has 2 atom stereocenters. The fourth-order valence-electron chi connectivity index (χ4n) is 5.89. The maximum absolute atomic E-state index is 14.6. The molecule has 0 amide bonds. The highest BCUT2D eigenvalue weighted by molar-refractivity contribution is 7.90. The molecule has 2 saturated heterocycles. The van der Waals surface area contributed by atoms with Gasteiger partial charge in [-0.25, -0.2) is 8.42 Å². The van der Waals surface area contributed by atoms with Crippen LogP contribution in [-0.4, -0.2) is 69.1 Å². The fourth-order valence-corrected chi connectivity index (χ4v) is 6.69. The number of alkyl halides is 3. The zero-order valence-electron chi connectivity index (χ0n) is 24.6. The van der Waals surface area contributed by atoms with Gasteiger partial charge in [0.15, 0.2) is 9.84 Å². The first-order valence-electron chi connectivity index (χ1n) is 14.3. The van der Waals surface area contributed by atoms with Gasteiger partial charge in [0, 0.05) is 42.5 Å². The van der Waals surface area contributed by atoms with Crippen LogP contribution in [0.1, 0.15) is 37.9 Å². The number of nitrogens with one attached hydrogen (secondary N) is 1. The Morgan fingerprint density at radius 1 is 1.16 bits per heavy atom. The monoisotopic (exact) mass is 667 g/mol. The number of hydrogen-bond donors (Lipinski definition) is 2. The van der Waals surface area contributed by atoms with E-state index in [1.807, 2.05) is 4.90 Å². The van der Waals surface area contributed by atoms with Crippen molar-refractivity contribution in [1.29, 1.82) is 0 Å². The van der Waals surface area contributed by atoms with Crippen LogP contribution in [0.5, 0.6) is 5.88 Å². The van der Waals surface area contributed by atoms with Crippen molar-refractivity contribution in [2.24, 2.45) is 5.41 Å². The van der Waals surface area contributed by atoms with E-state index in [1.54, 1.807) is 6.92 Å². The lowest BCUT2D eigenvalue weighted by Crippen LogP contribution is -2.41. The van der Waals surface area contributed by atoms with Gasteiger partial charge in [-0.15, -0.1) is 0 Å². The Balaban J connectivity index is 1.39. The fraction of sp³-hybridized carbons (Fsp3) is 0.433. The molecule has 2 aromatic carbocycles. The molecule has 15 heteroatoms. The molecular weight excluding hydrogens is 635 g/mol. The third kappa shape index (κ3) is 7.45. The lowest BCUT2D eigenvalue weighted by Gasteiger charge is -2.39. The molecule has 1 spiro atoms. The van der Waals surface area contributed by atoms with Crippen molar-refractivity contribution >= 4 is 39.2 Å². The summed E-state index contributed by atoms with van der Waals surface area (Å²) in [5, 5.41) is 3.44. The number of rotatable bonds is 8. The molecule has 10 nitrogen and oxygen atoms in total. The number of carbonyl (C=O) groups is 1. The smallest absolute Gasteiger partial charge is 0.429 e. The normalized spacial score (nSPS) is 19.0. The van der Waals surface area contributed by atoms with Gasteiger partial charge in [0.2, 0.25) is 17.9 Å². The van der Waals surface area contributed by atoms with Crippen LogP contribution >= 0.6 is 11.6 Å². The summed E-state index contributed by atoms with van der Waals surface area (Å²) in [5.74, 6) is -0.551. The van der Waals surface area contributed by atoms with Crippen molar-refractivity contribution in [1.82, 2.24) is 15.3 Å². The predicted molar refractivity (Wildman–Crippen MR) is 163 cm³/mol. The lowest BCUT2D eigenvalue weighted by atomic mass is 9.76. The number of sulfone groups is 1. The molecule has 2 fully saturated rings. The Morgan fingerprint density at radius 3 is 2.47 bits per heavy atom. The van der Waals surface area contributed by atoms with Gasteiger partial charge in [0.1, 0.15) is 11.9 Å². The van der Waals surface area contributed by atoms with E-state index in [4.69, 9.17) is 26.8 Å². The van der Waals surface area contributed by atoms with Crippen LogP contribution in [0.3, 0.4) is 0 Å². The zero-order chi connectivity index (χ0) is 32.6. The van der Waals surface area contributed by atoms with E-state index in [-0.39, 0.29) is 50.3 Å². The Morgan fingerprint density at radius 2 is 1.84 bits per heavy atom. The lowest BCUT2D eigenvalue weighted by molar-refractivity contribution is -0.198. The second-order valence-electron chi connectivity index (χ2n) is 11.4. The van der Waals surface area contributed by atoms with Crippen molar-refractivity contribution in [2.45, 2.75) is 49.4 Å². The van der Waals surface area contributed by atoms with E-state index in [2.05, 4.69) is 15.3 Å². The molecule has 242 valence electrons. The Bertz CT molecular complexity index is 1670. The standard InChI is InChI=1S/C30H33ClF3N5O5S/c1-3-43-27(40)23-16-29(17-36-23)10-12-39(13-11-29)24-15-25(38-28(35)37-24)44-26(30(32,33)34)21-9-6-19(31)14-22(21)18-4-7-20(8-5-18)45(2,41)42/h4-9,14-15,23,26,36H,3,10-13,16-17H2,1-2H3,(H2,35,37,38)/t23?,26-/m1/s1. The van der Waals surface area contributed by atoms with Gasteiger partial charge < -0.3 is 25.4 Å². The van der Waals surface area contributed by atoms with E-state index >= 15 is 0 Å². The van der Waals surface area contributed by atoms with Gasteiger partial charge in [-0.1, -0.05) is 29.8 Å². The number of hydrogen-bond acceptors (Lipinski definition) is 10. The molecule has 0 aliphatic carbocycles. The number of anilines is 2. The van der Waals surface area contributed by atoms with E-state index in [1.165, 1.54) is 48.5 Å². The first-order valence-corrected chi connectivity index (χ1v) is 16.6. The molecule has 5 rings (SSSR count). The Labute approximate surface area is 264 Å². The number of benzene rings is 2. The van der Waals surface area contributed by atoms with Crippen LogP contribution in [0.4, 0.5) is 24.9 Å². The number of nitrogens with zero attached hydrogens (tertiary/aromatic N) is 3. The quantitative estimate of drug-likeness (QED) is 0.317. The number of esters is 1. The van der Waals surface area contributed by atoms with Crippen molar-refractivity contribution in [3.8, 4) is 17.0 Å². The number of piperidine rings is 1. The summed E-state index contributed by atoms with van der Waals surface area (Å²) < 4.78 is 78.3. The summed E-state index contributed by atoms with van der Waals surface area (Å²) in [4.78, 5) is 22.4. The molecule has 3 N–H and O–H groups in total. The maximum atomic E-state index is 14.6. The largest absolute Gasteiger partial charge is 0.465 e. The summed E-state index contributed by atoms with van der Waals surface area (Å²) >= 11 is 6.17. The average Bonchev–Trinajstić information content (AvgIpc) is 3.39. The van der Waals surface area contributed by atoms with Gasteiger partial charge in [-0.05, 0) is 67.0 Å². The highest BCUT2D eigenvalue weighted by Gasteiger charge is 2.46. The molecule has 0 bridgehead atoms. The SMILES string of the molecule is CCOC(=O)C1CC2(CCN(c3cc(O[C@H](c4ccc(Cl)cc4-c4ccc(S(C)(=O)=O)cc4)C(F)(F)F)nc(N)n3)CC2)CN1. The maximum Gasteiger partial charge on any atom is 0.429 e. The minimum Gasteiger partial charge on any atom is -0.465 e. The minimum atomic E-state index is -4.88. The van der Waals surface area contributed by atoms with Crippen LogP contribution in [0, 0.1) is 5.41 Å². The average molecular weight is 668 g/mol. The minimum absolute atomic E-state index is 0.0223. The van der Waals surface area contributed by atoms with Crippen molar-refractivity contribution < 1.29 is 35.9 Å². The van der Waals surface area contributed by atoms with Crippen molar-refractivity contribution in [3.63, 3.8) is 0 Å². The summed E-state index contributed by atoms with van der Waals surface area (Å²) in [6.45, 7) is 3.82. The zero-order valence-corrected chi connectivity index (χ0v) is 26.2. The molecule has 3 heterocycles. The first kappa shape index (κ1) is 32.8.